The molecule has 0 atom stereocenters. The summed E-state index contributed by atoms with van der Waals surface area (Å²) in [6.07, 6.45) is 0.437. The van der Waals surface area contributed by atoms with Crippen molar-refractivity contribution < 1.29 is 8.42 Å². The van der Waals surface area contributed by atoms with Crippen LogP contribution < -0.4 is 10.7 Å². The summed E-state index contributed by atoms with van der Waals surface area (Å²) in [6, 6.07) is 21.6. The van der Waals surface area contributed by atoms with Crippen molar-refractivity contribution in [3.8, 4) is 11.3 Å². The van der Waals surface area contributed by atoms with Crippen LogP contribution in [0, 0.1) is 0 Å². The molecule has 3 aromatic carbocycles. The molecule has 0 radical (unpaired) electrons. The fraction of sp³-hybridized carbons (Fsp3) is 0.0476. The molecule has 4 rings (SSSR count). The number of aromatic nitrogens is 2. The minimum Gasteiger partial charge on any atom is -0.267 e. The van der Waals surface area contributed by atoms with Gasteiger partial charge < -0.3 is 0 Å². The molecular formula is C21H17N3O3S. The quantitative estimate of drug-likeness (QED) is 0.558. The van der Waals surface area contributed by atoms with Gasteiger partial charge in [0.1, 0.15) is 0 Å². The Kier molecular flexibility index (Phi) is 4.54. The van der Waals surface area contributed by atoms with E-state index in [0.717, 1.165) is 16.5 Å². The summed E-state index contributed by atoms with van der Waals surface area (Å²) in [5, 5.41) is 13.4. The van der Waals surface area contributed by atoms with E-state index in [9.17, 15) is 13.2 Å². The Labute approximate surface area is 161 Å². The summed E-state index contributed by atoms with van der Waals surface area (Å²) in [7, 11) is -3.78. The lowest BCUT2D eigenvalue weighted by Gasteiger charge is -2.09. The third-order valence-corrected chi connectivity index (χ3v) is 5.61. The first-order valence-electron chi connectivity index (χ1n) is 8.61. The number of sulfonamides is 1. The molecule has 7 heteroatoms. The Morgan fingerprint density at radius 2 is 1.50 bits per heavy atom. The van der Waals surface area contributed by atoms with Gasteiger partial charge in [0.25, 0.3) is 5.56 Å². The average Bonchev–Trinajstić information content (AvgIpc) is 2.69. The highest BCUT2D eigenvalue weighted by atomic mass is 32.2. The zero-order chi connectivity index (χ0) is 19.7. The third-order valence-electron chi connectivity index (χ3n) is 4.60. The second-order valence-corrected chi connectivity index (χ2v) is 8.00. The minimum atomic E-state index is -3.78. The lowest BCUT2D eigenvalue weighted by atomic mass is 10.0. The maximum absolute atomic E-state index is 12.0. The molecule has 1 heterocycles. The molecule has 0 aliphatic rings. The van der Waals surface area contributed by atoms with E-state index in [0.29, 0.717) is 23.1 Å². The zero-order valence-corrected chi connectivity index (χ0v) is 15.6. The van der Waals surface area contributed by atoms with Gasteiger partial charge in [-0.05, 0) is 29.7 Å². The standard InChI is InChI=1S/C21H17N3O3S/c22-28(26,27)19-8-4-1-5-16(19)13-14-9-11-15(12-10-14)20-17-6-2-3-7-18(17)21(25)24-23-20/h1-12H,13H2,(H,24,25)(H2,22,26,27). The van der Waals surface area contributed by atoms with Gasteiger partial charge >= 0.3 is 0 Å². The number of hydrogen-bond donors (Lipinski definition) is 2. The summed E-state index contributed by atoms with van der Waals surface area (Å²) in [4.78, 5) is 12.1. The van der Waals surface area contributed by atoms with Crippen LogP contribution in [0.1, 0.15) is 11.1 Å². The predicted octanol–water partition coefficient (Wildman–Crippen LogP) is 2.83. The minimum absolute atomic E-state index is 0.132. The fourth-order valence-corrected chi connectivity index (χ4v) is 4.04. The second kappa shape index (κ2) is 7.03. The molecule has 6 nitrogen and oxygen atoms in total. The Morgan fingerprint density at radius 1 is 0.857 bits per heavy atom. The van der Waals surface area contributed by atoms with E-state index in [4.69, 9.17) is 5.14 Å². The molecule has 0 saturated carbocycles. The van der Waals surface area contributed by atoms with Crippen molar-refractivity contribution in [2.75, 3.05) is 0 Å². The predicted molar refractivity (Wildman–Crippen MR) is 108 cm³/mol. The van der Waals surface area contributed by atoms with Crippen molar-refractivity contribution >= 4 is 20.8 Å². The highest BCUT2D eigenvalue weighted by molar-refractivity contribution is 7.89. The number of fused-ring (bicyclic) bond motifs is 1. The molecule has 0 spiro atoms. The Hall–Kier alpha value is -3.29. The van der Waals surface area contributed by atoms with Gasteiger partial charge in [0.05, 0.1) is 16.0 Å². The number of hydrogen-bond acceptors (Lipinski definition) is 4. The molecule has 0 bridgehead atoms. The van der Waals surface area contributed by atoms with Gasteiger partial charge in [0, 0.05) is 10.9 Å². The number of benzene rings is 3. The second-order valence-electron chi connectivity index (χ2n) is 6.47. The van der Waals surface area contributed by atoms with Crippen molar-refractivity contribution in [1.29, 1.82) is 0 Å². The third kappa shape index (κ3) is 3.45. The molecule has 0 fully saturated rings. The largest absolute Gasteiger partial charge is 0.272 e. The van der Waals surface area contributed by atoms with E-state index in [-0.39, 0.29) is 10.5 Å². The molecule has 140 valence electrons. The zero-order valence-electron chi connectivity index (χ0n) is 14.8. The molecule has 4 aromatic rings. The van der Waals surface area contributed by atoms with Crippen LogP contribution in [-0.2, 0) is 16.4 Å². The molecule has 1 aromatic heterocycles. The molecule has 0 aliphatic heterocycles. The van der Waals surface area contributed by atoms with Crippen LogP contribution in [0.2, 0.25) is 0 Å². The normalized spacial score (nSPS) is 11.6. The van der Waals surface area contributed by atoms with Crippen molar-refractivity contribution in [3.63, 3.8) is 0 Å². The maximum Gasteiger partial charge on any atom is 0.272 e. The number of primary sulfonamides is 1. The SMILES string of the molecule is NS(=O)(=O)c1ccccc1Cc1ccc(-c2n[nH]c(=O)c3ccccc23)cc1. The molecule has 3 N–H and O–H groups in total. The van der Waals surface area contributed by atoms with Crippen LogP contribution in [0.25, 0.3) is 22.0 Å². The monoisotopic (exact) mass is 391 g/mol. The van der Waals surface area contributed by atoms with Crippen LogP contribution in [0.3, 0.4) is 0 Å². The van der Waals surface area contributed by atoms with Crippen molar-refractivity contribution in [2.45, 2.75) is 11.3 Å². The molecule has 0 saturated heterocycles. The topological polar surface area (TPSA) is 106 Å². The molecule has 0 amide bonds. The van der Waals surface area contributed by atoms with Gasteiger partial charge in [-0.2, -0.15) is 5.10 Å². The van der Waals surface area contributed by atoms with Crippen LogP contribution >= 0.6 is 0 Å². The van der Waals surface area contributed by atoms with Gasteiger partial charge in [0.15, 0.2) is 0 Å². The number of nitrogens with one attached hydrogen (secondary N) is 1. The van der Waals surface area contributed by atoms with Crippen LogP contribution in [0.4, 0.5) is 0 Å². The summed E-state index contributed by atoms with van der Waals surface area (Å²) >= 11 is 0. The van der Waals surface area contributed by atoms with E-state index in [1.807, 2.05) is 42.5 Å². The number of rotatable bonds is 4. The molecule has 0 unspecified atom stereocenters. The first kappa shape index (κ1) is 18.1. The van der Waals surface area contributed by atoms with Crippen LogP contribution in [0.15, 0.2) is 82.5 Å². The summed E-state index contributed by atoms with van der Waals surface area (Å²) in [6.45, 7) is 0. The summed E-state index contributed by atoms with van der Waals surface area (Å²) in [5.74, 6) is 0. The number of nitrogens with zero attached hydrogens (tertiary/aromatic N) is 1. The highest BCUT2D eigenvalue weighted by Gasteiger charge is 2.14. The lowest BCUT2D eigenvalue weighted by Crippen LogP contribution is -2.14. The van der Waals surface area contributed by atoms with Crippen molar-refractivity contribution in [2.24, 2.45) is 5.14 Å². The van der Waals surface area contributed by atoms with Crippen molar-refractivity contribution in [1.82, 2.24) is 10.2 Å². The van der Waals surface area contributed by atoms with Gasteiger partial charge in [-0.3, -0.25) is 4.79 Å². The number of aromatic amines is 1. The number of nitrogens with two attached hydrogens (primary N) is 1. The van der Waals surface area contributed by atoms with Gasteiger partial charge in [0.2, 0.25) is 10.0 Å². The molecular weight excluding hydrogens is 374 g/mol. The first-order valence-corrected chi connectivity index (χ1v) is 10.2. The number of H-pyrrole nitrogens is 1. The maximum atomic E-state index is 12.0. The van der Waals surface area contributed by atoms with Gasteiger partial charge in [-0.15, -0.1) is 0 Å². The Bertz CT molecular complexity index is 1330. The smallest absolute Gasteiger partial charge is 0.267 e. The van der Waals surface area contributed by atoms with Crippen LogP contribution in [-0.4, -0.2) is 18.6 Å². The first-order chi connectivity index (χ1) is 13.4. The fourth-order valence-electron chi connectivity index (χ4n) is 3.26. The van der Waals surface area contributed by atoms with E-state index >= 15 is 0 Å². The van der Waals surface area contributed by atoms with E-state index in [1.165, 1.54) is 6.07 Å². The van der Waals surface area contributed by atoms with Gasteiger partial charge in [-0.25, -0.2) is 18.7 Å². The Balaban J connectivity index is 1.70. The van der Waals surface area contributed by atoms with E-state index < -0.39 is 10.0 Å². The Morgan fingerprint density at radius 3 is 2.21 bits per heavy atom. The summed E-state index contributed by atoms with van der Waals surface area (Å²) in [5.41, 5.74) is 2.90. The summed E-state index contributed by atoms with van der Waals surface area (Å²) < 4.78 is 23.6. The lowest BCUT2D eigenvalue weighted by molar-refractivity contribution is 0.597. The van der Waals surface area contributed by atoms with Crippen LogP contribution in [0.5, 0.6) is 0 Å². The van der Waals surface area contributed by atoms with Crippen molar-refractivity contribution in [3.05, 3.63) is 94.3 Å². The van der Waals surface area contributed by atoms with E-state index in [2.05, 4.69) is 10.2 Å². The van der Waals surface area contributed by atoms with E-state index in [1.54, 1.807) is 24.3 Å². The highest BCUT2D eigenvalue weighted by Crippen LogP contribution is 2.25. The molecule has 0 aliphatic carbocycles. The average molecular weight is 391 g/mol. The molecule has 28 heavy (non-hydrogen) atoms. The van der Waals surface area contributed by atoms with Gasteiger partial charge in [-0.1, -0.05) is 60.7 Å².